The highest BCUT2D eigenvalue weighted by atomic mass is 16.1. The Hall–Kier alpha value is -2.96. The SMILES string of the molecule is Cc1c(CC(=O)NCCCn2nc(C)c3ccccc32)nc[nH]c1=O. The van der Waals surface area contributed by atoms with E-state index in [1.54, 1.807) is 6.92 Å². The molecule has 1 amide bonds. The molecule has 0 aliphatic carbocycles. The molecule has 0 spiro atoms. The van der Waals surface area contributed by atoms with Gasteiger partial charge in [-0.05, 0) is 26.3 Å². The Bertz CT molecular complexity index is 957. The number of fused-ring (bicyclic) bond motifs is 1. The fourth-order valence-corrected chi connectivity index (χ4v) is 2.82. The largest absolute Gasteiger partial charge is 0.356 e. The van der Waals surface area contributed by atoms with Crippen molar-refractivity contribution in [2.45, 2.75) is 33.2 Å². The Kier molecular flexibility index (Phi) is 4.92. The highest BCUT2D eigenvalue weighted by molar-refractivity contribution is 5.81. The number of carbonyl (C=O) groups is 1. The molecular weight excluding hydrogens is 318 g/mol. The Morgan fingerprint density at radius 3 is 2.92 bits per heavy atom. The summed E-state index contributed by atoms with van der Waals surface area (Å²) in [5, 5.41) is 8.58. The lowest BCUT2D eigenvalue weighted by Gasteiger charge is -2.07. The summed E-state index contributed by atoms with van der Waals surface area (Å²) >= 11 is 0. The first kappa shape index (κ1) is 16.9. The number of aromatic nitrogens is 4. The van der Waals surface area contributed by atoms with E-state index in [-0.39, 0.29) is 17.9 Å². The van der Waals surface area contributed by atoms with Gasteiger partial charge in [-0.1, -0.05) is 18.2 Å². The van der Waals surface area contributed by atoms with Gasteiger partial charge in [0.15, 0.2) is 0 Å². The number of nitrogens with one attached hydrogen (secondary N) is 2. The number of hydrogen-bond acceptors (Lipinski definition) is 4. The minimum atomic E-state index is -0.210. The first-order chi connectivity index (χ1) is 12.1. The fourth-order valence-electron chi connectivity index (χ4n) is 2.82. The van der Waals surface area contributed by atoms with Crippen LogP contribution in [0.5, 0.6) is 0 Å². The van der Waals surface area contributed by atoms with E-state index >= 15 is 0 Å². The average molecular weight is 339 g/mol. The number of nitrogens with zero attached hydrogens (tertiary/aromatic N) is 3. The van der Waals surface area contributed by atoms with Gasteiger partial charge >= 0.3 is 0 Å². The maximum atomic E-state index is 12.0. The number of para-hydroxylation sites is 1. The predicted molar refractivity (Wildman–Crippen MR) is 95.4 cm³/mol. The highest BCUT2D eigenvalue weighted by Gasteiger charge is 2.10. The van der Waals surface area contributed by atoms with E-state index in [1.807, 2.05) is 23.7 Å². The molecule has 130 valence electrons. The second kappa shape index (κ2) is 7.29. The van der Waals surface area contributed by atoms with E-state index in [4.69, 9.17) is 0 Å². The van der Waals surface area contributed by atoms with Crippen LogP contribution in [0.4, 0.5) is 0 Å². The Morgan fingerprint density at radius 1 is 1.28 bits per heavy atom. The van der Waals surface area contributed by atoms with Crippen molar-refractivity contribution in [1.82, 2.24) is 25.1 Å². The van der Waals surface area contributed by atoms with Crippen molar-refractivity contribution in [2.24, 2.45) is 0 Å². The third-order valence-electron chi connectivity index (χ3n) is 4.23. The van der Waals surface area contributed by atoms with Gasteiger partial charge in [0, 0.05) is 24.0 Å². The number of H-pyrrole nitrogens is 1. The van der Waals surface area contributed by atoms with Gasteiger partial charge in [0.25, 0.3) is 5.56 Å². The summed E-state index contributed by atoms with van der Waals surface area (Å²) in [4.78, 5) is 30.1. The summed E-state index contributed by atoms with van der Waals surface area (Å²) in [6.45, 7) is 4.95. The molecule has 2 heterocycles. The Labute approximate surface area is 145 Å². The summed E-state index contributed by atoms with van der Waals surface area (Å²) < 4.78 is 1.97. The molecule has 0 unspecified atom stereocenters. The van der Waals surface area contributed by atoms with Crippen LogP contribution in [-0.2, 0) is 17.8 Å². The lowest BCUT2D eigenvalue weighted by Crippen LogP contribution is -2.28. The molecule has 0 aliphatic rings. The van der Waals surface area contributed by atoms with Crippen molar-refractivity contribution in [3.05, 3.63) is 57.9 Å². The van der Waals surface area contributed by atoms with Crippen LogP contribution in [0, 0.1) is 13.8 Å². The van der Waals surface area contributed by atoms with Crippen LogP contribution in [0.1, 0.15) is 23.4 Å². The lowest BCUT2D eigenvalue weighted by molar-refractivity contribution is -0.120. The van der Waals surface area contributed by atoms with Crippen molar-refractivity contribution in [3.63, 3.8) is 0 Å². The molecule has 0 saturated heterocycles. The number of aryl methyl sites for hydroxylation is 2. The molecule has 1 aromatic carbocycles. The van der Waals surface area contributed by atoms with Gasteiger partial charge in [0.2, 0.25) is 5.91 Å². The van der Waals surface area contributed by atoms with E-state index in [1.165, 1.54) is 6.33 Å². The maximum absolute atomic E-state index is 12.0. The van der Waals surface area contributed by atoms with Crippen LogP contribution in [0.25, 0.3) is 10.9 Å². The predicted octanol–water partition coefficient (Wildman–Crippen LogP) is 1.49. The minimum Gasteiger partial charge on any atom is -0.356 e. The van der Waals surface area contributed by atoms with Crippen molar-refractivity contribution in [2.75, 3.05) is 6.54 Å². The van der Waals surface area contributed by atoms with Crippen molar-refractivity contribution >= 4 is 16.8 Å². The van der Waals surface area contributed by atoms with Gasteiger partial charge < -0.3 is 10.3 Å². The van der Waals surface area contributed by atoms with Crippen LogP contribution in [0.15, 0.2) is 35.4 Å². The monoisotopic (exact) mass is 339 g/mol. The number of rotatable bonds is 6. The zero-order chi connectivity index (χ0) is 17.8. The number of benzene rings is 1. The smallest absolute Gasteiger partial charge is 0.253 e. The average Bonchev–Trinajstić information content (AvgIpc) is 2.92. The van der Waals surface area contributed by atoms with Crippen LogP contribution in [0.3, 0.4) is 0 Å². The van der Waals surface area contributed by atoms with Gasteiger partial charge in [-0.15, -0.1) is 0 Å². The molecule has 3 aromatic rings. The van der Waals surface area contributed by atoms with Crippen LogP contribution < -0.4 is 10.9 Å². The fraction of sp³-hybridized carbons (Fsp3) is 0.333. The van der Waals surface area contributed by atoms with E-state index in [0.717, 1.165) is 29.6 Å². The number of amides is 1. The zero-order valence-electron chi connectivity index (χ0n) is 14.4. The molecule has 0 fully saturated rings. The first-order valence-electron chi connectivity index (χ1n) is 8.28. The molecule has 0 aliphatic heterocycles. The van der Waals surface area contributed by atoms with Crippen LogP contribution in [-0.4, -0.2) is 32.2 Å². The highest BCUT2D eigenvalue weighted by Crippen LogP contribution is 2.17. The molecule has 7 heteroatoms. The Morgan fingerprint density at radius 2 is 2.08 bits per heavy atom. The zero-order valence-corrected chi connectivity index (χ0v) is 14.4. The summed E-state index contributed by atoms with van der Waals surface area (Å²) in [5.74, 6) is -0.136. The topological polar surface area (TPSA) is 92.7 Å². The summed E-state index contributed by atoms with van der Waals surface area (Å²) in [5.41, 5.74) is 2.90. The van der Waals surface area contributed by atoms with Gasteiger partial charge in [-0.2, -0.15) is 5.10 Å². The molecule has 2 N–H and O–H groups in total. The first-order valence-corrected chi connectivity index (χ1v) is 8.28. The van der Waals surface area contributed by atoms with Crippen molar-refractivity contribution in [3.8, 4) is 0 Å². The number of carbonyl (C=O) groups excluding carboxylic acids is 1. The van der Waals surface area contributed by atoms with Gasteiger partial charge in [0.1, 0.15) is 0 Å². The van der Waals surface area contributed by atoms with E-state index in [9.17, 15) is 9.59 Å². The molecule has 3 rings (SSSR count). The van der Waals surface area contributed by atoms with Crippen molar-refractivity contribution < 1.29 is 4.79 Å². The number of aromatic amines is 1. The molecule has 2 aromatic heterocycles. The second-order valence-corrected chi connectivity index (χ2v) is 6.01. The Balaban J connectivity index is 1.52. The van der Waals surface area contributed by atoms with Crippen LogP contribution in [0.2, 0.25) is 0 Å². The standard InChI is InChI=1S/C18H21N5O2/c1-12-15(20-11-21-18(12)25)10-17(24)19-8-5-9-23-16-7-4-3-6-14(16)13(2)22-23/h3-4,6-7,11H,5,8-10H2,1-2H3,(H,19,24)(H,20,21,25). The summed E-state index contributed by atoms with van der Waals surface area (Å²) in [6, 6.07) is 8.12. The normalized spacial score (nSPS) is 11.0. The summed E-state index contributed by atoms with van der Waals surface area (Å²) in [6.07, 6.45) is 2.21. The second-order valence-electron chi connectivity index (χ2n) is 6.01. The number of hydrogen-bond donors (Lipinski definition) is 2. The minimum absolute atomic E-state index is 0.111. The molecule has 25 heavy (non-hydrogen) atoms. The van der Waals surface area contributed by atoms with Gasteiger partial charge in [0.05, 0.1) is 29.7 Å². The molecule has 7 nitrogen and oxygen atoms in total. The van der Waals surface area contributed by atoms with Crippen molar-refractivity contribution in [1.29, 1.82) is 0 Å². The molecular formula is C18H21N5O2. The third kappa shape index (κ3) is 3.76. The molecule has 0 radical (unpaired) electrons. The van der Waals surface area contributed by atoms with Gasteiger partial charge in [-0.3, -0.25) is 14.3 Å². The van der Waals surface area contributed by atoms with E-state index < -0.39 is 0 Å². The van der Waals surface area contributed by atoms with E-state index in [2.05, 4.69) is 32.5 Å². The molecule has 0 saturated carbocycles. The third-order valence-corrected chi connectivity index (χ3v) is 4.23. The quantitative estimate of drug-likeness (QED) is 0.666. The lowest BCUT2D eigenvalue weighted by atomic mass is 10.2. The summed E-state index contributed by atoms with van der Waals surface area (Å²) in [7, 11) is 0. The maximum Gasteiger partial charge on any atom is 0.253 e. The molecule has 0 atom stereocenters. The van der Waals surface area contributed by atoms with Gasteiger partial charge in [-0.25, -0.2) is 4.98 Å². The van der Waals surface area contributed by atoms with E-state index in [0.29, 0.717) is 17.8 Å². The molecule has 0 bridgehead atoms. The van der Waals surface area contributed by atoms with Crippen LogP contribution >= 0.6 is 0 Å².